The van der Waals surface area contributed by atoms with Crippen LogP contribution in [0.3, 0.4) is 0 Å². The Morgan fingerprint density at radius 1 is 1.12 bits per heavy atom. The third-order valence-electron chi connectivity index (χ3n) is 4.29. The quantitative estimate of drug-likeness (QED) is 0.623. The second-order valence-electron chi connectivity index (χ2n) is 5.91. The van der Waals surface area contributed by atoms with Gasteiger partial charge in [-0.2, -0.15) is 0 Å². The SMILES string of the molecule is COC(=O)C1=C(C)N(Cc2ccccc2)C(=O)/C1=C\c1ccccc1F. The van der Waals surface area contributed by atoms with E-state index in [2.05, 4.69) is 0 Å². The molecule has 2 aromatic rings. The van der Waals surface area contributed by atoms with Crippen molar-refractivity contribution in [1.29, 1.82) is 0 Å². The molecule has 1 aliphatic rings. The minimum Gasteiger partial charge on any atom is -0.465 e. The molecule has 3 rings (SSSR count). The van der Waals surface area contributed by atoms with E-state index in [0.717, 1.165) is 5.56 Å². The predicted octanol–water partition coefficient (Wildman–Crippen LogP) is 3.70. The van der Waals surface area contributed by atoms with Crippen molar-refractivity contribution in [2.24, 2.45) is 0 Å². The molecule has 1 aliphatic heterocycles. The zero-order valence-electron chi connectivity index (χ0n) is 14.5. The Morgan fingerprint density at radius 3 is 2.42 bits per heavy atom. The lowest BCUT2D eigenvalue weighted by atomic mass is 10.0. The summed E-state index contributed by atoms with van der Waals surface area (Å²) in [7, 11) is 1.26. The molecule has 0 aromatic heterocycles. The molecule has 132 valence electrons. The number of rotatable bonds is 4. The minimum absolute atomic E-state index is 0.135. The topological polar surface area (TPSA) is 46.6 Å². The molecule has 0 atom stereocenters. The van der Waals surface area contributed by atoms with Crippen LogP contribution in [0.1, 0.15) is 18.1 Å². The summed E-state index contributed by atoms with van der Waals surface area (Å²) in [4.78, 5) is 26.7. The Labute approximate surface area is 151 Å². The van der Waals surface area contributed by atoms with Gasteiger partial charge in [0.05, 0.1) is 24.8 Å². The first kappa shape index (κ1) is 17.6. The summed E-state index contributed by atoms with van der Waals surface area (Å²) in [5, 5.41) is 0. The number of methoxy groups -OCH3 is 1. The van der Waals surface area contributed by atoms with E-state index in [-0.39, 0.29) is 22.6 Å². The molecule has 0 saturated carbocycles. The molecule has 0 saturated heterocycles. The van der Waals surface area contributed by atoms with Crippen molar-refractivity contribution < 1.29 is 18.7 Å². The summed E-state index contributed by atoms with van der Waals surface area (Å²) in [5.74, 6) is -1.43. The number of allylic oxidation sites excluding steroid dienone is 1. The van der Waals surface area contributed by atoms with Crippen molar-refractivity contribution in [2.45, 2.75) is 13.5 Å². The van der Waals surface area contributed by atoms with Crippen LogP contribution < -0.4 is 0 Å². The first-order chi connectivity index (χ1) is 12.5. The highest BCUT2D eigenvalue weighted by Gasteiger charge is 2.37. The number of halogens is 1. The molecule has 2 aromatic carbocycles. The van der Waals surface area contributed by atoms with Crippen LogP contribution in [-0.4, -0.2) is 23.9 Å². The lowest BCUT2D eigenvalue weighted by Crippen LogP contribution is -2.24. The van der Waals surface area contributed by atoms with Crippen LogP contribution in [0, 0.1) is 5.82 Å². The highest BCUT2D eigenvalue weighted by molar-refractivity contribution is 6.16. The van der Waals surface area contributed by atoms with E-state index in [4.69, 9.17) is 4.74 Å². The molecule has 0 bridgehead atoms. The van der Waals surface area contributed by atoms with Gasteiger partial charge in [-0.3, -0.25) is 4.79 Å². The molecule has 1 amide bonds. The number of benzene rings is 2. The van der Waals surface area contributed by atoms with Gasteiger partial charge in [-0.25, -0.2) is 9.18 Å². The number of ether oxygens (including phenoxy) is 1. The summed E-state index contributed by atoms with van der Waals surface area (Å²) in [5.41, 5.74) is 1.96. The van der Waals surface area contributed by atoms with Gasteiger partial charge in [-0.15, -0.1) is 0 Å². The molecule has 0 spiro atoms. The number of carbonyl (C=O) groups is 2. The van der Waals surface area contributed by atoms with Gasteiger partial charge in [0.15, 0.2) is 0 Å². The lowest BCUT2D eigenvalue weighted by molar-refractivity contribution is -0.136. The zero-order chi connectivity index (χ0) is 18.7. The highest BCUT2D eigenvalue weighted by atomic mass is 19.1. The van der Waals surface area contributed by atoms with Gasteiger partial charge in [-0.05, 0) is 24.6 Å². The average molecular weight is 351 g/mol. The molecular formula is C21H18FNO3. The Morgan fingerprint density at radius 2 is 1.77 bits per heavy atom. The Hall–Kier alpha value is -3.21. The van der Waals surface area contributed by atoms with Crippen LogP contribution in [0.25, 0.3) is 6.08 Å². The highest BCUT2D eigenvalue weighted by Crippen LogP contribution is 2.33. The molecule has 5 heteroatoms. The van der Waals surface area contributed by atoms with Crippen molar-refractivity contribution in [3.63, 3.8) is 0 Å². The summed E-state index contributed by atoms with van der Waals surface area (Å²) in [6.45, 7) is 2.01. The van der Waals surface area contributed by atoms with Crippen LogP contribution >= 0.6 is 0 Å². The molecular weight excluding hydrogens is 333 g/mol. The standard InChI is InChI=1S/C21H18FNO3/c1-14-19(21(25)26-2)17(12-16-10-6-7-11-18(16)22)20(24)23(14)13-15-8-4-3-5-9-15/h3-12H,13H2,1-2H3/b17-12-. The van der Waals surface area contributed by atoms with Gasteiger partial charge in [0.25, 0.3) is 5.91 Å². The average Bonchev–Trinajstić information content (AvgIpc) is 2.88. The van der Waals surface area contributed by atoms with Crippen molar-refractivity contribution in [3.05, 3.63) is 88.4 Å². The first-order valence-electron chi connectivity index (χ1n) is 8.14. The van der Waals surface area contributed by atoms with Crippen LogP contribution in [-0.2, 0) is 20.9 Å². The van der Waals surface area contributed by atoms with E-state index in [0.29, 0.717) is 12.2 Å². The molecule has 0 aliphatic carbocycles. The van der Waals surface area contributed by atoms with Gasteiger partial charge >= 0.3 is 5.97 Å². The van der Waals surface area contributed by atoms with E-state index in [1.54, 1.807) is 25.1 Å². The molecule has 4 nitrogen and oxygen atoms in total. The van der Waals surface area contributed by atoms with E-state index < -0.39 is 11.8 Å². The molecule has 26 heavy (non-hydrogen) atoms. The molecule has 0 unspecified atom stereocenters. The Kier molecular flexibility index (Phi) is 4.98. The zero-order valence-corrected chi connectivity index (χ0v) is 14.5. The maximum Gasteiger partial charge on any atom is 0.340 e. The van der Waals surface area contributed by atoms with Crippen LogP contribution in [0.4, 0.5) is 4.39 Å². The predicted molar refractivity (Wildman–Crippen MR) is 96.1 cm³/mol. The monoisotopic (exact) mass is 351 g/mol. The van der Waals surface area contributed by atoms with Crippen LogP contribution in [0.5, 0.6) is 0 Å². The normalized spacial score (nSPS) is 15.7. The van der Waals surface area contributed by atoms with Gasteiger partial charge in [-0.1, -0.05) is 48.5 Å². The number of hydrogen-bond donors (Lipinski definition) is 0. The van der Waals surface area contributed by atoms with Gasteiger partial charge in [0.1, 0.15) is 5.82 Å². The fourth-order valence-electron chi connectivity index (χ4n) is 2.93. The summed E-state index contributed by atoms with van der Waals surface area (Å²) < 4.78 is 18.9. The summed E-state index contributed by atoms with van der Waals surface area (Å²) >= 11 is 0. The summed E-state index contributed by atoms with van der Waals surface area (Å²) in [6, 6.07) is 15.6. The number of amides is 1. The molecule has 1 heterocycles. The van der Waals surface area contributed by atoms with E-state index in [9.17, 15) is 14.0 Å². The van der Waals surface area contributed by atoms with E-state index in [1.165, 1.54) is 24.2 Å². The second kappa shape index (κ2) is 7.35. The smallest absolute Gasteiger partial charge is 0.340 e. The van der Waals surface area contributed by atoms with Crippen LogP contribution in [0.2, 0.25) is 0 Å². The van der Waals surface area contributed by atoms with Crippen molar-refractivity contribution in [3.8, 4) is 0 Å². The lowest BCUT2D eigenvalue weighted by Gasteiger charge is -2.17. The molecule has 0 fully saturated rings. The van der Waals surface area contributed by atoms with Crippen molar-refractivity contribution >= 4 is 18.0 Å². The van der Waals surface area contributed by atoms with E-state index in [1.807, 2.05) is 30.3 Å². The van der Waals surface area contributed by atoms with Gasteiger partial charge in [0, 0.05) is 11.3 Å². The number of hydrogen-bond acceptors (Lipinski definition) is 3. The number of nitrogens with zero attached hydrogens (tertiary/aromatic N) is 1. The second-order valence-corrected chi connectivity index (χ2v) is 5.91. The summed E-state index contributed by atoms with van der Waals surface area (Å²) in [6.07, 6.45) is 1.40. The maximum absolute atomic E-state index is 14.0. The van der Waals surface area contributed by atoms with Crippen LogP contribution in [0.15, 0.2) is 71.4 Å². The first-order valence-corrected chi connectivity index (χ1v) is 8.14. The molecule has 0 radical (unpaired) electrons. The van der Waals surface area contributed by atoms with Crippen molar-refractivity contribution in [1.82, 2.24) is 4.90 Å². The Balaban J connectivity index is 2.05. The largest absolute Gasteiger partial charge is 0.465 e. The van der Waals surface area contributed by atoms with E-state index >= 15 is 0 Å². The van der Waals surface area contributed by atoms with Gasteiger partial charge < -0.3 is 9.64 Å². The third kappa shape index (κ3) is 3.28. The minimum atomic E-state index is -0.617. The maximum atomic E-state index is 14.0. The van der Waals surface area contributed by atoms with Crippen molar-refractivity contribution in [2.75, 3.05) is 7.11 Å². The fourth-order valence-corrected chi connectivity index (χ4v) is 2.93. The number of carbonyl (C=O) groups excluding carboxylic acids is 2. The molecule has 0 N–H and O–H groups in total. The third-order valence-corrected chi connectivity index (χ3v) is 4.29. The fraction of sp³-hybridized carbons (Fsp3) is 0.143. The Bertz CT molecular complexity index is 916. The number of esters is 1. The van der Waals surface area contributed by atoms with Gasteiger partial charge in [0.2, 0.25) is 0 Å².